The Morgan fingerprint density at radius 3 is 2.69 bits per heavy atom. The lowest BCUT2D eigenvalue weighted by Crippen LogP contribution is -1.83. The first-order chi connectivity index (χ1) is 7.58. The minimum atomic E-state index is -0.207. The number of rotatable bonds is 2. The van der Waals surface area contributed by atoms with Crippen molar-refractivity contribution in [2.24, 2.45) is 0 Å². The molecule has 0 aliphatic carbocycles. The maximum absolute atomic E-state index is 13.2. The molecule has 0 amide bonds. The molecule has 2 rings (SSSR count). The highest BCUT2D eigenvalue weighted by Gasteiger charge is 2.10. The third-order valence-corrected chi connectivity index (χ3v) is 3.85. The fourth-order valence-corrected chi connectivity index (χ4v) is 2.50. The minimum absolute atomic E-state index is 0.207. The van der Waals surface area contributed by atoms with Crippen molar-refractivity contribution in [3.8, 4) is 10.6 Å². The smallest absolute Gasteiger partial charge is 0.123 e. The van der Waals surface area contributed by atoms with Crippen LogP contribution in [-0.2, 0) is 0 Å². The molecule has 16 heavy (non-hydrogen) atoms. The number of thiazole rings is 1. The Bertz CT molecular complexity index is 502. The van der Waals surface area contributed by atoms with Gasteiger partial charge in [-0.2, -0.15) is 0 Å². The van der Waals surface area contributed by atoms with Crippen LogP contribution >= 0.6 is 11.3 Å². The van der Waals surface area contributed by atoms with Crippen molar-refractivity contribution >= 4 is 11.3 Å². The molecule has 1 aromatic carbocycles. The van der Waals surface area contributed by atoms with Gasteiger partial charge in [0.05, 0.1) is 0 Å². The van der Waals surface area contributed by atoms with Gasteiger partial charge in [-0.3, -0.25) is 0 Å². The predicted octanol–water partition coefficient (Wildman–Crippen LogP) is 4.38. The quantitative estimate of drug-likeness (QED) is 0.752. The van der Waals surface area contributed by atoms with Gasteiger partial charge in [0.1, 0.15) is 10.8 Å². The minimum Gasteiger partial charge on any atom is -0.244 e. The largest absolute Gasteiger partial charge is 0.244 e. The van der Waals surface area contributed by atoms with Gasteiger partial charge in [-0.25, -0.2) is 9.37 Å². The van der Waals surface area contributed by atoms with Crippen LogP contribution < -0.4 is 0 Å². The van der Waals surface area contributed by atoms with Crippen LogP contribution in [-0.4, -0.2) is 4.98 Å². The van der Waals surface area contributed by atoms with E-state index in [9.17, 15) is 4.39 Å². The number of hydrogen-bond acceptors (Lipinski definition) is 2. The Balaban J connectivity index is 2.46. The summed E-state index contributed by atoms with van der Waals surface area (Å²) in [5.41, 5.74) is 1.96. The lowest BCUT2D eigenvalue weighted by atomic mass is 10.1. The number of benzene rings is 1. The maximum Gasteiger partial charge on any atom is 0.123 e. The van der Waals surface area contributed by atoms with Crippen LogP contribution in [0.4, 0.5) is 4.39 Å². The Morgan fingerprint density at radius 2 is 2.06 bits per heavy atom. The molecule has 1 heterocycles. The summed E-state index contributed by atoms with van der Waals surface area (Å²) in [7, 11) is 0. The van der Waals surface area contributed by atoms with Gasteiger partial charge in [-0.1, -0.05) is 19.9 Å². The number of nitrogens with zero attached hydrogens (tertiary/aromatic N) is 1. The van der Waals surface area contributed by atoms with E-state index >= 15 is 0 Å². The summed E-state index contributed by atoms with van der Waals surface area (Å²) in [4.78, 5) is 5.60. The van der Waals surface area contributed by atoms with Crippen molar-refractivity contribution in [3.63, 3.8) is 0 Å². The normalized spacial score (nSPS) is 11.1. The zero-order valence-corrected chi connectivity index (χ0v) is 10.4. The van der Waals surface area contributed by atoms with Crippen molar-refractivity contribution in [1.29, 1.82) is 0 Å². The molecule has 2 aromatic rings. The third-order valence-electron chi connectivity index (χ3n) is 2.52. The number of halogens is 1. The Kier molecular flexibility index (Phi) is 3.06. The first-order valence-electron chi connectivity index (χ1n) is 5.30. The summed E-state index contributed by atoms with van der Waals surface area (Å²) in [5, 5.41) is 0.903. The van der Waals surface area contributed by atoms with Crippen molar-refractivity contribution in [2.75, 3.05) is 0 Å². The van der Waals surface area contributed by atoms with Crippen LogP contribution in [0.25, 0.3) is 10.6 Å². The number of aryl methyl sites for hydroxylation is 1. The summed E-state index contributed by atoms with van der Waals surface area (Å²) in [5.74, 6) is 0.266. The topological polar surface area (TPSA) is 12.9 Å². The fourth-order valence-electron chi connectivity index (χ4n) is 1.50. The molecule has 0 fully saturated rings. The molecule has 0 saturated heterocycles. The molecule has 1 nitrogen and oxygen atoms in total. The first kappa shape index (κ1) is 11.3. The highest BCUT2D eigenvalue weighted by molar-refractivity contribution is 7.15. The van der Waals surface area contributed by atoms with Gasteiger partial charge in [0, 0.05) is 16.6 Å². The van der Waals surface area contributed by atoms with Gasteiger partial charge in [0.15, 0.2) is 0 Å². The molecule has 0 saturated carbocycles. The van der Waals surface area contributed by atoms with E-state index in [1.165, 1.54) is 10.9 Å². The summed E-state index contributed by atoms with van der Waals surface area (Å²) in [6, 6.07) is 4.83. The molecule has 0 N–H and O–H groups in total. The van der Waals surface area contributed by atoms with E-state index in [0.29, 0.717) is 5.92 Å². The maximum atomic E-state index is 13.2. The summed E-state index contributed by atoms with van der Waals surface area (Å²) in [6.07, 6.45) is 1.88. The SMILES string of the molecule is Cc1ccc(F)cc1-c1ncc(C(C)C)s1. The second kappa shape index (κ2) is 4.34. The summed E-state index contributed by atoms with van der Waals surface area (Å²) in [6.45, 7) is 6.25. The van der Waals surface area contributed by atoms with E-state index in [2.05, 4.69) is 18.8 Å². The summed E-state index contributed by atoms with van der Waals surface area (Å²) < 4.78 is 13.2. The molecule has 0 radical (unpaired) electrons. The lowest BCUT2D eigenvalue weighted by molar-refractivity contribution is 0.628. The number of hydrogen-bond donors (Lipinski definition) is 0. The lowest BCUT2D eigenvalue weighted by Gasteiger charge is -2.02. The van der Waals surface area contributed by atoms with Gasteiger partial charge in [-0.05, 0) is 30.5 Å². The van der Waals surface area contributed by atoms with Gasteiger partial charge >= 0.3 is 0 Å². The zero-order chi connectivity index (χ0) is 11.7. The number of aromatic nitrogens is 1. The van der Waals surface area contributed by atoms with Crippen LogP contribution in [0.1, 0.15) is 30.2 Å². The van der Waals surface area contributed by atoms with Crippen LogP contribution in [0.5, 0.6) is 0 Å². The monoisotopic (exact) mass is 235 g/mol. The molecule has 84 valence electrons. The molecular weight excluding hydrogens is 221 g/mol. The molecule has 0 bridgehead atoms. The second-order valence-electron chi connectivity index (χ2n) is 4.18. The molecule has 0 aliphatic heterocycles. The van der Waals surface area contributed by atoms with Crippen LogP contribution in [0.3, 0.4) is 0 Å². The van der Waals surface area contributed by atoms with E-state index < -0.39 is 0 Å². The highest BCUT2D eigenvalue weighted by atomic mass is 32.1. The molecule has 3 heteroatoms. The van der Waals surface area contributed by atoms with Crippen molar-refractivity contribution in [3.05, 3.63) is 40.7 Å². The molecule has 1 aromatic heterocycles. The fraction of sp³-hybridized carbons (Fsp3) is 0.308. The van der Waals surface area contributed by atoms with E-state index in [0.717, 1.165) is 16.1 Å². The van der Waals surface area contributed by atoms with E-state index in [1.807, 2.05) is 13.1 Å². The van der Waals surface area contributed by atoms with Crippen molar-refractivity contribution in [1.82, 2.24) is 4.98 Å². The molecule has 0 spiro atoms. The van der Waals surface area contributed by atoms with E-state index in [4.69, 9.17) is 0 Å². The van der Waals surface area contributed by atoms with Crippen molar-refractivity contribution < 1.29 is 4.39 Å². The first-order valence-corrected chi connectivity index (χ1v) is 6.12. The molecule has 0 unspecified atom stereocenters. The van der Waals surface area contributed by atoms with E-state index in [1.54, 1.807) is 23.5 Å². The van der Waals surface area contributed by atoms with Gasteiger partial charge < -0.3 is 0 Å². The second-order valence-corrected chi connectivity index (χ2v) is 5.24. The molecular formula is C13H14FNS. The van der Waals surface area contributed by atoms with Crippen molar-refractivity contribution in [2.45, 2.75) is 26.7 Å². The predicted molar refractivity (Wildman–Crippen MR) is 66.3 cm³/mol. The summed E-state index contributed by atoms with van der Waals surface area (Å²) >= 11 is 1.64. The van der Waals surface area contributed by atoms with Crippen LogP contribution in [0.2, 0.25) is 0 Å². The molecule has 0 atom stereocenters. The average molecular weight is 235 g/mol. The van der Waals surface area contributed by atoms with E-state index in [-0.39, 0.29) is 5.82 Å². The van der Waals surface area contributed by atoms with Crippen LogP contribution in [0.15, 0.2) is 24.4 Å². The average Bonchev–Trinajstić information content (AvgIpc) is 2.70. The highest BCUT2D eigenvalue weighted by Crippen LogP contribution is 2.31. The third kappa shape index (κ3) is 2.14. The Morgan fingerprint density at radius 1 is 1.31 bits per heavy atom. The Labute approximate surface area is 99.0 Å². The van der Waals surface area contributed by atoms with Crippen LogP contribution in [0, 0.1) is 12.7 Å². The zero-order valence-electron chi connectivity index (χ0n) is 9.62. The van der Waals surface area contributed by atoms with Gasteiger partial charge in [0.2, 0.25) is 0 Å². The molecule has 0 aliphatic rings. The van der Waals surface area contributed by atoms with Gasteiger partial charge in [-0.15, -0.1) is 11.3 Å². The van der Waals surface area contributed by atoms with Gasteiger partial charge in [0.25, 0.3) is 0 Å². The standard InChI is InChI=1S/C13H14FNS/c1-8(2)12-7-15-13(16-12)11-6-10(14)5-4-9(11)3/h4-8H,1-3H3. The Hall–Kier alpha value is -1.22.